The summed E-state index contributed by atoms with van der Waals surface area (Å²) in [7, 11) is 0. The number of Topliss-reactive ketones (excluding diaryl/α,β-unsaturated/α-hetero) is 1. The van der Waals surface area contributed by atoms with Gasteiger partial charge in [-0.1, -0.05) is 0 Å². The second-order valence-electron chi connectivity index (χ2n) is 4.10. The number of ketones is 1. The second-order valence-corrected chi connectivity index (χ2v) is 5.18. The van der Waals surface area contributed by atoms with Crippen molar-refractivity contribution in [3.8, 4) is 10.7 Å². The van der Waals surface area contributed by atoms with E-state index in [1.54, 1.807) is 17.5 Å². The molecular formula is C12H13N3OS. The molecule has 0 spiro atoms. The van der Waals surface area contributed by atoms with Crippen molar-refractivity contribution in [3.63, 3.8) is 0 Å². The maximum absolute atomic E-state index is 11.7. The van der Waals surface area contributed by atoms with E-state index in [-0.39, 0.29) is 5.78 Å². The van der Waals surface area contributed by atoms with E-state index in [0.29, 0.717) is 12.1 Å². The van der Waals surface area contributed by atoms with E-state index in [1.165, 1.54) is 0 Å². The Balaban J connectivity index is 2.08. The minimum Gasteiger partial charge on any atom is -0.292 e. The number of fused-ring (bicyclic) bond motifs is 1. The summed E-state index contributed by atoms with van der Waals surface area (Å²) in [5.41, 5.74) is 1.71. The van der Waals surface area contributed by atoms with Crippen molar-refractivity contribution >= 4 is 17.1 Å². The summed E-state index contributed by atoms with van der Waals surface area (Å²) in [6, 6.07) is 1.96. The van der Waals surface area contributed by atoms with Crippen molar-refractivity contribution in [1.29, 1.82) is 0 Å². The number of nitrogens with zero attached hydrogens (tertiary/aromatic N) is 3. The lowest BCUT2D eigenvalue weighted by Gasteiger charge is -2.06. The minimum atomic E-state index is 0.191. The molecule has 0 saturated carbocycles. The summed E-state index contributed by atoms with van der Waals surface area (Å²) in [4.78, 5) is 17.4. The fraction of sp³-hybridized carbons (Fsp3) is 0.417. The van der Waals surface area contributed by atoms with Gasteiger partial charge in [0.15, 0.2) is 5.78 Å². The molecule has 1 aliphatic rings. The van der Waals surface area contributed by atoms with Crippen LogP contribution in [0.3, 0.4) is 0 Å². The second kappa shape index (κ2) is 4.07. The summed E-state index contributed by atoms with van der Waals surface area (Å²) < 4.78 is 1.91. The molecule has 0 bridgehead atoms. The van der Waals surface area contributed by atoms with Crippen LogP contribution in [0.1, 0.15) is 35.1 Å². The lowest BCUT2D eigenvalue weighted by Crippen LogP contribution is -2.08. The molecule has 2 heterocycles. The van der Waals surface area contributed by atoms with Gasteiger partial charge in [0.25, 0.3) is 0 Å². The first-order valence-electron chi connectivity index (χ1n) is 5.84. The highest BCUT2D eigenvalue weighted by Crippen LogP contribution is 2.32. The summed E-state index contributed by atoms with van der Waals surface area (Å²) >= 11 is 1.63. The molecule has 0 N–H and O–H groups in total. The van der Waals surface area contributed by atoms with Gasteiger partial charge in [-0.15, -0.1) is 11.3 Å². The first kappa shape index (κ1) is 10.7. The van der Waals surface area contributed by atoms with Gasteiger partial charge in [0.1, 0.15) is 10.7 Å². The molecule has 0 unspecified atom stereocenters. The van der Waals surface area contributed by atoms with Crippen LogP contribution >= 0.6 is 11.3 Å². The Morgan fingerprint density at radius 1 is 1.47 bits per heavy atom. The number of rotatable bonds is 2. The van der Waals surface area contributed by atoms with Gasteiger partial charge < -0.3 is 0 Å². The number of carbonyl (C=O) groups excluding carboxylic acids is 1. The van der Waals surface area contributed by atoms with Crippen molar-refractivity contribution in [3.05, 3.63) is 22.8 Å². The molecule has 0 radical (unpaired) electrons. The highest BCUT2D eigenvalue weighted by Gasteiger charge is 2.23. The monoisotopic (exact) mass is 247 g/mol. The van der Waals surface area contributed by atoms with Crippen molar-refractivity contribution in [2.45, 2.75) is 32.7 Å². The smallest absolute Gasteiger partial charge is 0.182 e. The van der Waals surface area contributed by atoms with Gasteiger partial charge >= 0.3 is 0 Å². The van der Waals surface area contributed by atoms with Gasteiger partial charge in [0.2, 0.25) is 0 Å². The fourth-order valence-electron chi connectivity index (χ4n) is 2.14. The van der Waals surface area contributed by atoms with Gasteiger partial charge in [-0.05, 0) is 25.8 Å². The number of hydrogen-bond donors (Lipinski definition) is 0. The largest absolute Gasteiger partial charge is 0.292 e. The van der Waals surface area contributed by atoms with E-state index in [9.17, 15) is 4.79 Å². The van der Waals surface area contributed by atoms with Crippen molar-refractivity contribution < 1.29 is 4.79 Å². The molecule has 5 heteroatoms. The number of aromatic nitrogens is 3. The Kier molecular flexibility index (Phi) is 2.55. The first-order chi connectivity index (χ1) is 8.29. The summed E-state index contributed by atoms with van der Waals surface area (Å²) in [6.07, 6.45) is 4.36. The predicted molar refractivity (Wildman–Crippen MR) is 66.3 cm³/mol. The normalized spacial score (nSPS) is 15.0. The van der Waals surface area contributed by atoms with E-state index < -0.39 is 0 Å². The molecule has 1 aliphatic carbocycles. The van der Waals surface area contributed by atoms with E-state index in [0.717, 1.165) is 35.0 Å². The third-order valence-corrected chi connectivity index (χ3v) is 4.14. The van der Waals surface area contributed by atoms with Crippen LogP contribution in [-0.2, 0) is 13.0 Å². The third-order valence-electron chi connectivity index (χ3n) is 3.00. The SMILES string of the molecule is CCn1nccc1-c1nc2c(s1)CCCC2=O. The standard InChI is InChI=1S/C12H13N3OS/c1-2-15-8(6-7-13-15)12-14-11-9(16)4-3-5-10(11)17-12/h6-7H,2-5H2,1H3. The molecule has 2 aromatic heterocycles. The fourth-order valence-corrected chi connectivity index (χ4v) is 3.29. The lowest BCUT2D eigenvalue weighted by molar-refractivity contribution is 0.0968. The Hall–Kier alpha value is -1.49. The minimum absolute atomic E-state index is 0.191. The number of carbonyl (C=O) groups is 1. The van der Waals surface area contributed by atoms with E-state index >= 15 is 0 Å². The van der Waals surface area contributed by atoms with Crippen LogP contribution in [0, 0.1) is 0 Å². The molecular weight excluding hydrogens is 234 g/mol. The summed E-state index contributed by atoms with van der Waals surface area (Å²) in [6.45, 7) is 2.87. The topological polar surface area (TPSA) is 47.8 Å². The molecule has 3 rings (SSSR count). The quantitative estimate of drug-likeness (QED) is 0.819. The third kappa shape index (κ3) is 1.70. The van der Waals surface area contributed by atoms with Crippen LogP contribution in [0.25, 0.3) is 10.7 Å². The molecule has 0 fully saturated rings. The van der Waals surface area contributed by atoms with Crippen LogP contribution in [0.2, 0.25) is 0 Å². The maximum Gasteiger partial charge on any atom is 0.182 e. The predicted octanol–water partition coefficient (Wildman–Crippen LogP) is 2.55. The average molecular weight is 247 g/mol. The van der Waals surface area contributed by atoms with Crippen LogP contribution in [-0.4, -0.2) is 20.5 Å². The summed E-state index contributed by atoms with van der Waals surface area (Å²) in [5.74, 6) is 0.191. The Bertz CT molecular complexity index is 570. The molecule has 2 aromatic rings. The average Bonchev–Trinajstić information content (AvgIpc) is 2.94. The molecule has 0 aromatic carbocycles. The summed E-state index contributed by atoms with van der Waals surface area (Å²) in [5, 5.41) is 5.16. The first-order valence-corrected chi connectivity index (χ1v) is 6.66. The van der Waals surface area contributed by atoms with Crippen molar-refractivity contribution in [2.75, 3.05) is 0 Å². The molecule has 0 amide bonds. The highest BCUT2D eigenvalue weighted by atomic mass is 32.1. The van der Waals surface area contributed by atoms with Crippen LogP contribution in [0.15, 0.2) is 12.3 Å². The lowest BCUT2D eigenvalue weighted by atomic mass is 10.0. The molecule has 0 saturated heterocycles. The van der Waals surface area contributed by atoms with Gasteiger partial charge in [-0.2, -0.15) is 5.10 Å². The van der Waals surface area contributed by atoms with E-state index in [2.05, 4.69) is 17.0 Å². The van der Waals surface area contributed by atoms with E-state index in [4.69, 9.17) is 0 Å². The van der Waals surface area contributed by atoms with Gasteiger partial charge in [-0.3, -0.25) is 9.48 Å². The van der Waals surface area contributed by atoms with Crippen LogP contribution < -0.4 is 0 Å². The number of hydrogen-bond acceptors (Lipinski definition) is 4. The van der Waals surface area contributed by atoms with Gasteiger partial charge in [0.05, 0.1) is 5.69 Å². The van der Waals surface area contributed by atoms with Crippen molar-refractivity contribution in [1.82, 2.24) is 14.8 Å². The Morgan fingerprint density at radius 3 is 3.12 bits per heavy atom. The van der Waals surface area contributed by atoms with Crippen LogP contribution in [0.5, 0.6) is 0 Å². The Morgan fingerprint density at radius 2 is 2.35 bits per heavy atom. The molecule has 88 valence electrons. The number of thiazole rings is 1. The Labute approximate surface area is 103 Å². The molecule has 0 atom stereocenters. The van der Waals surface area contributed by atoms with Crippen LogP contribution in [0.4, 0.5) is 0 Å². The molecule has 0 aliphatic heterocycles. The zero-order valence-electron chi connectivity index (χ0n) is 9.64. The zero-order chi connectivity index (χ0) is 11.8. The van der Waals surface area contributed by atoms with E-state index in [1.807, 2.05) is 10.7 Å². The van der Waals surface area contributed by atoms with Crippen molar-refractivity contribution in [2.24, 2.45) is 0 Å². The number of aryl methyl sites for hydroxylation is 2. The van der Waals surface area contributed by atoms with Gasteiger partial charge in [-0.25, -0.2) is 4.98 Å². The molecule has 4 nitrogen and oxygen atoms in total. The molecule has 17 heavy (non-hydrogen) atoms. The van der Waals surface area contributed by atoms with Gasteiger partial charge in [0, 0.05) is 24.0 Å². The maximum atomic E-state index is 11.7. The zero-order valence-corrected chi connectivity index (χ0v) is 10.5. The highest BCUT2D eigenvalue weighted by molar-refractivity contribution is 7.15.